The van der Waals surface area contributed by atoms with Crippen molar-refractivity contribution in [3.8, 4) is 0 Å². The fourth-order valence-corrected chi connectivity index (χ4v) is 4.22. The molecule has 0 aliphatic carbocycles. The summed E-state index contributed by atoms with van der Waals surface area (Å²) in [5, 5.41) is 4.09. The minimum Gasteiger partial charge on any atom is -0.377 e. The standard InChI is InChI=1S/C21H26F3N3O2/c1-13(2)17-9-16(21(22,23)24)18-19(26-29-20(18)25-17)15-6-3-7-27(11-15)10-14-5-4-8-28-12-14/h5,9,13,15H,3-4,6-8,10-12H2,1-2H3. The average molecular weight is 409 g/mol. The second-order valence-corrected chi connectivity index (χ2v) is 8.27. The summed E-state index contributed by atoms with van der Waals surface area (Å²) in [5.74, 6) is -0.242. The third-order valence-corrected chi connectivity index (χ3v) is 5.69. The Morgan fingerprint density at radius 3 is 2.83 bits per heavy atom. The molecule has 2 aliphatic heterocycles. The maximum Gasteiger partial charge on any atom is 0.417 e. The van der Waals surface area contributed by atoms with E-state index in [9.17, 15) is 13.2 Å². The van der Waals surface area contributed by atoms with Crippen LogP contribution in [-0.2, 0) is 10.9 Å². The normalized spacial score (nSPS) is 21.7. The predicted molar refractivity (Wildman–Crippen MR) is 103 cm³/mol. The molecule has 0 amide bonds. The third-order valence-electron chi connectivity index (χ3n) is 5.69. The van der Waals surface area contributed by atoms with E-state index in [2.05, 4.69) is 21.1 Å². The molecule has 158 valence electrons. The van der Waals surface area contributed by atoms with Gasteiger partial charge in [-0.3, -0.25) is 4.90 Å². The number of nitrogens with zero attached hydrogens (tertiary/aromatic N) is 3. The molecule has 0 radical (unpaired) electrons. The van der Waals surface area contributed by atoms with Crippen molar-refractivity contribution in [2.45, 2.75) is 51.1 Å². The van der Waals surface area contributed by atoms with Gasteiger partial charge in [-0.2, -0.15) is 13.2 Å². The Morgan fingerprint density at radius 1 is 1.31 bits per heavy atom. The summed E-state index contributed by atoms with van der Waals surface area (Å²) in [7, 11) is 0. The van der Waals surface area contributed by atoms with E-state index in [1.54, 1.807) is 0 Å². The van der Waals surface area contributed by atoms with E-state index in [0.29, 0.717) is 24.5 Å². The second kappa shape index (κ2) is 8.07. The molecule has 2 aromatic heterocycles. The first kappa shape index (κ1) is 20.3. The lowest BCUT2D eigenvalue weighted by atomic mass is 9.91. The van der Waals surface area contributed by atoms with Gasteiger partial charge < -0.3 is 9.26 Å². The third kappa shape index (κ3) is 4.33. The summed E-state index contributed by atoms with van der Waals surface area (Å²) >= 11 is 0. The van der Waals surface area contributed by atoms with Gasteiger partial charge in [-0.05, 0) is 43.4 Å². The Hall–Kier alpha value is -1.93. The predicted octanol–water partition coefficient (Wildman–Crippen LogP) is 4.89. The van der Waals surface area contributed by atoms with Crippen LogP contribution in [0.4, 0.5) is 13.2 Å². The molecular formula is C21H26F3N3O2. The minimum atomic E-state index is -4.48. The maximum atomic E-state index is 13.8. The number of pyridine rings is 1. The highest BCUT2D eigenvalue weighted by atomic mass is 19.4. The number of hydrogen-bond donors (Lipinski definition) is 0. The first-order valence-electron chi connectivity index (χ1n) is 10.2. The lowest BCUT2D eigenvalue weighted by Crippen LogP contribution is -2.36. The minimum absolute atomic E-state index is 0.0148. The molecule has 5 nitrogen and oxygen atoms in total. The highest BCUT2D eigenvalue weighted by Crippen LogP contribution is 2.40. The van der Waals surface area contributed by atoms with Crippen LogP contribution < -0.4 is 0 Å². The van der Waals surface area contributed by atoms with Crippen molar-refractivity contribution >= 4 is 11.1 Å². The fourth-order valence-electron chi connectivity index (χ4n) is 4.22. The van der Waals surface area contributed by atoms with E-state index in [0.717, 1.165) is 45.0 Å². The average Bonchev–Trinajstić information content (AvgIpc) is 3.11. The van der Waals surface area contributed by atoms with Crippen LogP contribution in [0.15, 0.2) is 22.2 Å². The summed E-state index contributed by atoms with van der Waals surface area (Å²) in [6, 6.07) is 1.15. The summed E-state index contributed by atoms with van der Waals surface area (Å²) in [6.45, 7) is 7.38. The number of fused-ring (bicyclic) bond motifs is 1. The summed E-state index contributed by atoms with van der Waals surface area (Å²) < 4.78 is 52.3. The molecule has 0 spiro atoms. The zero-order valence-corrected chi connectivity index (χ0v) is 16.8. The van der Waals surface area contributed by atoms with Crippen LogP contribution in [0.2, 0.25) is 0 Å². The van der Waals surface area contributed by atoms with Crippen molar-refractivity contribution in [2.24, 2.45) is 0 Å². The highest BCUT2D eigenvalue weighted by Gasteiger charge is 2.38. The van der Waals surface area contributed by atoms with Gasteiger partial charge in [-0.25, -0.2) is 4.98 Å². The topological polar surface area (TPSA) is 51.4 Å². The molecule has 4 heterocycles. The summed E-state index contributed by atoms with van der Waals surface area (Å²) in [5.41, 5.74) is 1.28. The van der Waals surface area contributed by atoms with E-state index in [1.807, 2.05) is 13.8 Å². The first-order chi connectivity index (χ1) is 13.8. The van der Waals surface area contributed by atoms with Gasteiger partial charge >= 0.3 is 6.18 Å². The molecule has 29 heavy (non-hydrogen) atoms. The fraction of sp³-hybridized carbons (Fsp3) is 0.619. The number of hydrogen-bond acceptors (Lipinski definition) is 5. The van der Waals surface area contributed by atoms with Crippen LogP contribution >= 0.6 is 0 Å². The van der Waals surface area contributed by atoms with Crippen molar-refractivity contribution < 1.29 is 22.4 Å². The molecule has 4 rings (SSSR count). The summed E-state index contributed by atoms with van der Waals surface area (Å²) in [6.07, 6.45) is 0.337. The van der Waals surface area contributed by atoms with Crippen molar-refractivity contribution in [3.05, 3.63) is 34.7 Å². The van der Waals surface area contributed by atoms with Gasteiger partial charge in [-0.15, -0.1) is 0 Å². The van der Waals surface area contributed by atoms with Gasteiger partial charge in [-0.1, -0.05) is 25.1 Å². The van der Waals surface area contributed by atoms with Gasteiger partial charge in [0, 0.05) is 24.7 Å². The Balaban J connectivity index is 1.65. The maximum absolute atomic E-state index is 13.8. The largest absolute Gasteiger partial charge is 0.417 e. The van der Waals surface area contributed by atoms with Crippen LogP contribution in [0.5, 0.6) is 0 Å². The molecule has 0 aromatic carbocycles. The van der Waals surface area contributed by atoms with Crippen molar-refractivity contribution in [1.29, 1.82) is 0 Å². The van der Waals surface area contributed by atoms with Gasteiger partial charge in [0.05, 0.1) is 29.9 Å². The van der Waals surface area contributed by atoms with Crippen LogP contribution in [0.1, 0.15) is 61.9 Å². The number of likely N-dealkylation sites (tertiary alicyclic amines) is 1. The van der Waals surface area contributed by atoms with E-state index in [1.165, 1.54) is 5.57 Å². The van der Waals surface area contributed by atoms with Gasteiger partial charge in [0.2, 0.25) is 0 Å². The van der Waals surface area contributed by atoms with Crippen molar-refractivity contribution in [1.82, 2.24) is 15.0 Å². The lowest BCUT2D eigenvalue weighted by Gasteiger charge is -2.33. The smallest absolute Gasteiger partial charge is 0.377 e. The van der Waals surface area contributed by atoms with Crippen LogP contribution in [-0.4, -0.2) is 47.9 Å². The summed E-state index contributed by atoms with van der Waals surface area (Å²) in [4.78, 5) is 6.58. The molecule has 1 unspecified atom stereocenters. The van der Waals surface area contributed by atoms with E-state index >= 15 is 0 Å². The molecule has 2 aromatic rings. The van der Waals surface area contributed by atoms with E-state index in [4.69, 9.17) is 9.26 Å². The number of halogens is 3. The van der Waals surface area contributed by atoms with Crippen LogP contribution in [0.3, 0.4) is 0 Å². The Morgan fingerprint density at radius 2 is 2.14 bits per heavy atom. The lowest BCUT2D eigenvalue weighted by molar-refractivity contribution is -0.136. The number of ether oxygens (including phenoxy) is 1. The number of piperidine rings is 1. The van der Waals surface area contributed by atoms with Crippen LogP contribution in [0, 0.1) is 0 Å². The number of alkyl halides is 3. The molecule has 0 bridgehead atoms. The molecule has 1 atom stereocenters. The molecule has 1 saturated heterocycles. The molecular weight excluding hydrogens is 383 g/mol. The van der Waals surface area contributed by atoms with Gasteiger partial charge in [0.15, 0.2) is 0 Å². The van der Waals surface area contributed by atoms with E-state index in [-0.39, 0.29) is 22.9 Å². The number of rotatable bonds is 4. The number of aromatic nitrogens is 2. The molecule has 2 aliphatic rings. The van der Waals surface area contributed by atoms with E-state index < -0.39 is 11.7 Å². The Bertz CT molecular complexity index is 904. The Labute approximate surface area is 167 Å². The Kier molecular flexibility index (Phi) is 5.66. The molecule has 8 heteroatoms. The quantitative estimate of drug-likeness (QED) is 0.673. The molecule has 0 saturated carbocycles. The molecule has 1 fully saturated rings. The first-order valence-corrected chi connectivity index (χ1v) is 10.2. The zero-order chi connectivity index (χ0) is 20.6. The SMILES string of the molecule is CC(C)c1cc(C(F)(F)F)c2c(C3CCCN(CC4=CCCOC4)C3)noc2n1. The monoisotopic (exact) mass is 409 g/mol. The van der Waals surface area contributed by atoms with Gasteiger partial charge in [0.1, 0.15) is 0 Å². The second-order valence-electron chi connectivity index (χ2n) is 8.27. The van der Waals surface area contributed by atoms with Gasteiger partial charge in [0.25, 0.3) is 5.71 Å². The van der Waals surface area contributed by atoms with Crippen molar-refractivity contribution in [3.63, 3.8) is 0 Å². The highest BCUT2D eigenvalue weighted by molar-refractivity contribution is 5.81. The van der Waals surface area contributed by atoms with Crippen LogP contribution in [0.25, 0.3) is 11.1 Å². The zero-order valence-electron chi connectivity index (χ0n) is 16.8. The van der Waals surface area contributed by atoms with Crippen molar-refractivity contribution in [2.75, 3.05) is 32.8 Å². The molecule has 0 N–H and O–H groups in total.